The molecule has 1 fully saturated rings. The molecule has 1 aromatic rings. The van der Waals surface area contributed by atoms with E-state index < -0.39 is 0 Å². The molecule has 1 aromatic carbocycles. The predicted octanol–water partition coefficient (Wildman–Crippen LogP) is 3.64. The standard InChI is InChI=1S/C18H29NO2/c1-14(2)16-5-6-18(17(13-16)15(3)4)21-12-9-19-7-10-20-11-8-19/h5-6,13-15H,7-12H2,1-4H3. The third-order valence-electron chi connectivity index (χ3n) is 4.09. The molecule has 2 rings (SSSR count). The quantitative estimate of drug-likeness (QED) is 0.798. The van der Waals surface area contributed by atoms with Gasteiger partial charge in [-0.05, 0) is 29.0 Å². The number of nitrogens with zero attached hydrogens (tertiary/aromatic N) is 1. The molecule has 21 heavy (non-hydrogen) atoms. The largest absolute Gasteiger partial charge is 0.492 e. The summed E-state index contributed by atoms with van der Waals surface area (Å²) >= 11 is 0. The van der Waals surface area contributed by atoms with Crippen molar-refractivity contribution in [3.8, 4) is 5.75 Å². The Balaban J connectivity index is 1.95. The van der Waals surface area contributed by atoms with E-state index in [2.05, 4.69) is 50.8 Å². The first-order chi connectivity index (χ1) is 10.1. The third kappa shape index (κ3) is 4.72. The molecule has 0 aromatic heterocycles. The minimum atomic E-state index is 0.488. The summed E-state index contributed by atoms with van der Waals surface area (Å²) < 4.78 is 11.4. The monoisotopic (exact) mass is 291 g/mol. The van der Waals surface area contributed by atoms with Gasteiger partial charge in [-0.25, -0.2) is 0 Å². The van der Waals surface area contributed by atoms with Crippen LogP contribution in [-0.4, -0.2) is 44.4 Å². The van der Waals surface area contributed by atoms with E-state index in [1.807, 2.05) is 0 Å². The second kappa shape index (κ2) is 7.81. The Kier molecular flexibility index (Phi) is 6.07. The van der Waals surface area contributed by atoms with Gasteiger partial charge in [-0.15, -0.1) is 0 Å². The molecule has 1 aliphatic rings. The van der Waals surface area contributed by atoms with Crippen molar-refractivity contribution in [3.05, 3.63) is 29.3 Å². The predicted molar refractivity (Wildman–Crippen MR) is 87.4 cm³/mol. The summed E-state index contributed by atoms with van der Waals surface area (Å²) in [6.07, 6.45) is 0. The number of rotatable bonds is 6. The van der Waals surface area contributed by atoms with Gasteiger partial charge in [0.1, 0.15) is 12.4 Å². The molecule has 0 N–H and O–H groups in total. The van der Waals surface area contributed by atoms with E-state index in [-0.39, 0.29) is 0 Å². The van der Waals surface area contributed by atoms with Crippen molar-refractivity contribution in [2.24, 2.45) is 0 Å². The summed E-state index contributed by atoms with van der Waals surface area (Å²) in [6.45, 7) is 14.4. The molecule has 0 radical (unpaired) electrons. The minimum Gasteiger partial charge on any atom is -0.492 e. The summed E-state index contributed by atoms with van der Waals surface area (Å²) in [4.78, 5) is 2.40. The van der Waals surface area contributed by atoms with E-state index in [1.165, 1.54) is 11.1 Å². The van der Waals surface area contributed by atoms with Crippen LogP contribution in [0, 0.1) is 0 Å². The molecule has 0 aliphatic carbocycles. The summed E-state index contributed by atoms with van der Waals surface area (Å²) in [5.41, 5.74) is 2.71. The smallest absolute Gasteiger partial charge is 0.122 e. The lowest BCUT2D eigenvalue weighted by Crippen LogP contribution is -2.38. The van der Waals surface area contributed by atoms with Gasteiger partial charge in [0.2, 0.25) is 0 Å². The van der Waals surface area contributed by atoms with Crippen LogP contribution in [0.2, 0.25) is 0 Å². The molecule has 0 bridgehead atoms. The van der Waals surface area contributed by atoms with E-state index in [1.54, 1.807) is 0 Å². The second-order valence-corrected chi connectivity index (χ2v) is 6.41. The molecular weight excluding hydrogens is 262 g/mol. The maximum atomic E-state index is 6.05. The highest BCUT2D eigenvalue weighted by Crippen LogP contribution is 2.30. The Morgan fingerprint density at radius 3 is 2.43 bits per heavy atom. The molecule has 0 unspecified atom stereocenters. The van der Waals surface area contributed by atoms with Crippen LogP contribution in [0.15, 0.2) is 18.2 Å². The molecule has 0 amide bonds. The first-order valence-corrected chi connectivity index (χ1v) is 8.14. The van der Waals surface area contributed by atoms with E-state index in [0.717, 1.165) is 45.2 Å². The van der Waals surface area contributed by atoms with E-state index >= 15 is 0 Å². The average molecular weight is 291 g/mol. The highest BCUT2D eigenvalue weighted by Gasteiger charge is 2.13. The topological polar surface area (TPSA) is 21.7 Å². The lowest BCUT2D eigenvalue weighted by Gasteiger charge is -2.26. The molecule has 3 nitrogen and oxygen atoms in total. The van der Waals surface area contributed by atoms with Gasteiger partial charge >= 0.3 is 0 Å². The summed E-state index contributed by atoms with van der Waals surface area (Å²) in [5, 5.41) is 0. The van der Waals surface area contributed by atoms with Gasteiger partial charge in [0, 0.05) is 19.6 Å². The summed E-state index contributed by atoms with van der Waals surface area (Å²) in [6, 6.07) is 6.64. The summed E-state index contributed by atoms with van der Waals surface area (Å²) in [7, 11) is 0. The van der Waals surface area contributed by atoms with Crippen LogP contribution in [0.3, 0.4) is 0 Å². The third-order valence-corrected chi connectivity index (χ3v) is 4.09. The van der Waals surface area contributed by atoms with Gasteiger partial charge in [-0.2, -0.15) is 0 Å². The molecule has 1 aliphatic heterocycles. The number of benzene rings is 1. The highest BCUT2D eigenvalue weighted by molar-refractivity contribution is 5.40. The van der Waals surface area contributed by atoms with Crippen molar-refractivity contribution < 1.29 is 9.47 Å². The minimum absolute atomic E-state index is 0.488. The number of hydrogen-bond donors (Lipinski definition) is 0. The van der Waals surface area contributed by atoms with Crippen LogP contribution < -0.4 is 4.74 Å². The zero-order valence-corrected chi connectivity index (χ0v) is 13.9. The Labute approximate surface area is 129 Å². The number of hydrogen-bond acceptors (Lipinski definition) is 3. The summed E-state index contributed by atoms with van der Waals surface area (Å²) in [5.74, 6) is 2.09. The number of ether oxygens (including phenoxy) is 2. The normalized spacial score (nSPS) is 16.7. The van der Waals surface area contributed by atoms with Crippen molar-refractivity contribution >= 4 is 0 Å². The fraction of sp³-hybridized carbons (Fsp3) is 0.667. The first-order valence-electron chi connectivity index (χ1n) is 8.14. The molecule has 3 heteroatoms. The molecule has 0 saturated carbocycles. The Hall–Kier alpha value is -1.06. The molecule has 1 heterocycles. The van der Waals surface area contributed by atoms with Crippen LogP contribution in [0.4, 0.5) is 0 Å². The van der Waals surface area contributed by atoms with Gasteiger partial charge < -0.3 is 9.47 Å². The fourth-order valence-electron chi connectivity index (χ4n) is 2.62. The molecule has 118 valence electrons. The van der Waals surface area contributed by atoms with Crippen LogP contribution in [0.1, 0.15) is 50.7 Å². The molecule has 0 spiro atoms. The number of morpholine rings is 1. The Morgan fingerprint density at radius 1 is 1.10 bits per heavy atom. The van der Waals surface area contributed by atoms with Crippen molar-refractivity contribution in [2.75, 3.05) is 39.5 Å². The molecule has 0 atom stereocenters. The van der Waals surface area contributed by atoms with Crippen molar-refractivity contribution in [3.63, 3.8) is 0 Å². The van der Waals surface area contributed by atoms with Crippen LogP contribution in [0.25, 0.3) is 0 Å². The zero-order valence-electron chi connectivity index (χ0n) is 13.9. The van der Waals surface area contributed by atoms with Gasteiger partial charge in [0.05, 0.1) is 13.2 Å². The lowest BCUT2D eigenvalue weighted by molar-refractivity contribution is 0.0322. The van der Waals surface area contributed by atoms with Crippen molar-refractivity contribution in [1.82, 2.24) is 4.90 Å². The SMILES string of the molecule is CC(C)c1ccc(OCCN2CCOCC2)c(C(C)C)c1. The van der Waals surface area contributed by atoms with Crippen LogP contribution in [-0.2, 0) is 4.74 Å². The van der Waals surface area contributed by atoms with E-state index in [0.29, 0.717) is 11.8 Å². The van der Waals surface area contributed by atoms with Crippen molar-refractivity contribution in [1.29, 1.82) is 0 Å². The zero-order chi connectivity index (χ0) is 15.2. The fourth-order valence-corrected chi connectivity index (χ4v) is 2.62. The van der Waals surface area contributed by atoms with Crippen LogP contribution in [0.5, 0.6) is 5.75 Å². The second-order valence-electron chi connectivity index (χ2n) is 6.41. The average Bonchev–Trinajstić information content (AvgIpc) is 2.48. The van der Waals surface area contributed by atoms with E-state index in [4.69, 9.17) is 9.47 Å². The maximum absolute atomic E-state index is 6.05. The highest BCUT2D eigenvalue weighted by atomic mass is 16.5. The van der Waals surface area contributed by atoms with Gasteiger partial charge in [0.25, 0.3) is 0 Å². The van der Waals surface area contributed by atoms with Crippen molar-refractivity contribution in [2.45, 2.75) is 39.5 Å². The Morgan fingerprint density at radius 2 is 1.81 bits per heavy atom. The van der Waals surface area contributed by atoms with Crippen LogP contribution >= 0.6 is 0 Å². The van der Waals surface area contributed by atoms with E-state index in [9.17, 15) is 0 Å². The van der Waals surface area contributed by atoms with Gasteiger partial charge in [-0.1, -0.05) is 39.8 Å². The lowest BCUT2D eigenvalue weighted by atomic mass is 9.95. The molecule has 1 saturated heterocycles. The van der Waals surface area contributed by atoms with Gasteiger partial charge in [-0.3, -0.25) is 4.90 Å². The first kappa shape index (κ1) is 16.3. The van der Waals surface area contributed by atoms with Gasteiger partial charge in [0.15, 0.2) is 0 Å². The maximum Gasteiger partial charge on any atom is 0.122 e. The molecular formula is C18H29NO2. The Bertz CT molecular complexity index is 437.